The van der Waals surface area contributed by atoms with Crippen LogP contribution < -0.4 is 0 Å². The Kier molecular flexibility index (Phi) is 5.63. The maximum atomic E-state index is 12.3. The molecule has 0 spiro atoms. The van der Waals surface area contributed by atoms with Crippen LogP contribution in [0.1, 0.15) is 17.5 Å². The quantitative estimate of drug-likeness (QED) is 0.773. The summed E-state index contributed by atoms with van der Waals surface area (Å²) in [7, 11) is 0. The smallest absolute Gasteiger partial charge is 0.411 e. The minimum Gasteiger partial charge on any atom is -0.459 e. The van der Waals surface area contributed by atoms with Crippen molar-refractivity contribution in [1.29, 1.82) is 0 Å². The lowest BCUT2D eigenvalue weighted by Crippen LogP contribution is -2.41. The molecule has 3 rings (SSSR count). The van der Waals surface area contributed by atoms with E-state index in [2.05, 4.69) is 0 Å². The molecule has 1 heterocycles. The molecule has 1 fully saturated rings. The number of carbonyl (C=O) groups excluding carboxylic acids is 3. The highest BCUT2D eigenvalue weighted by Gasteiger charge is 2.40. The molecule has 2 aromatic carbocycles. The average molecular weight is 353 g/mol. The van der Waals surface area contributed by atoms with E-state index in [4.69, 9.17) is 9.47 Å². The molecule has 1 atom stereocenters. The Hall–Kier alpha value is -3.15. The molecule has 0 saturated carbocycles. The first-order chi connectivity index (χ1) is 12.6. The van der Waals surface area contributed by atoms with Crippen LogP contribution in [-0.4, -0.2) is 35.3 Å². The summed E-state index contributed by atoms with van der Waals surface area (Å²) in [5.41, 5.74) is 1.66. The Bertz CT molecular complexity index is 710. The van der Waals surface area contributed by atoms with Gasteiger partial charge in [0.1, 0.15) is 19.3 Å². The predicted octanol–water partition coefficient (Wildman–Crippen LogP) is 2.71. The first kappa shape index (κ1) is 17.7. The van der Waals surface area contributed by atoms with Crippen LogP contribution in [0.15, 0.2) is 60.7 Å². The van der Waals surface area contributed by atoms with Crippen LogP contribution in [0.25, 0.3) is 0 Å². The lowest BCUT2D eigenvalue weighted by atomic mass is 10.2. The van der Waals surface area contributed by atoms with Crippen LogP contribution in [0.5, 0.6) is 0 Å². The molecule has 6 heteroatoms. The second kappa shape index (κ2) is 8.29. The van der Waals surface area contributed by atoms with Crippen molar-refractivity contribution in [1.82, 2.24) is 4.90 Å². The van der Waals surface area contributed by atoms with E-state index in [-0.39, 0.29) is 32.0 Å². The van der Waals surface area contributed by atoms with E-state index in [0.717, 1.165) is 16.0 Å². The van der Waals surface area contributed by atoms with Gasteiger partial charge in [-0.05, 0) is 11.1 Å². The van der Waals surface area contributed by atoms with Crippen molar-refractivity contribution in [2.45, 2.75) is 25.7 Å². The van der Waals surface area contributed by atoms with Gasteiger partial charge in [0.2, 0.25) is 0 Å². The normalized spacial score (nSPS) is 16.4. The Labute approximate surface area is 151 Å². The van der Waals surface area contributed by atoms with E-state index in [1.54, 1.807) is 0 Å². The van der Waals surface area contributed by atoms with Gasteiger partial charge in [-0.2, -0.15) is 0 Å². The van der Waals surface area contributed by atoms with E-state index in [9.17, 15) is 14.4 Å². The fourth-order valence-corrected chi connectivity index (χ4v) is 2.72. The van der Waals surface area contributed by atoms with Gasteiger partial charge in [0.25, 0.3) is 0 Å². The van der Waals surface area contributed by atoms with E-state index in [0.29, 0.717) is 0 Å². The third-order valence-electron chi connectivity index (χ3n) is 4.08. The summed E-state index contributed by atoms with van der Waals surface area (Å²) < 4.78 is 10.5. The van der Waals surface area contributed by atoms with Crippen LogP contribution in [0, 0.1) is 0 Å². The molecule has 0 aliphatic carbocycles. The van der Waals surface area contributed by atoms with Crippen molar-refractivity contribution in [2.24, 2.45) is 0 Å². The molecule has 0 N–H and O–H groups in total. The van der Waals surface area contributed by atoms with Crippen LogP contribution in [0.3, 0.4) is 0 Å². The molecular formula is C20H19NO5. The Morgan fingerprint density at radius 3 is 2.00 bits per heavy atom. The van der Waals surface area contributed by atoms with Crippen molar-refractivity contribution < 1.29 is 23.9 Å². The van der Waals surface area contributed by atoms with E-state index < -0.39 is 18.1 Å². The van der Waals surface area contributed by atoms with E-state index in [1.165, 1.54) is 0 Å². The third kappa shape index (κ3) is 4.47. The maximum absolute atomic E-state index is 12.3. The summed E-state index contributed by atoms with van der Waals surface area (Å²) in [6.07, 6.45) is -0.741. The number of amides is 1. The minimum atomic E-state index is -0.936. The molecular weight excluding hydrogens is 334 g/mol. The molecule has 1 aliphatic rings. The number of nitrogens with zero attached hydrogens (tertiary/aromatic N) is 1. The lowest BCUT2D eigenvalue weighted by Gasteiger charge is -2.21. The highest BCUT2D eigenvalue weighted by Crippen LogP contribution is 2.18. The van der Waals surface area contributed by atoms with Crippen molar-refractivity contribution in [3.05, 3.63) is 71.8 Å². The van der Waals surface area contributed by atoms with Gasteiger partial charge in [0, 0.05) is 6.42 Å². The summed E-state index contributed by atoms with van der Waals surface area (Å²) in [5.74, 6) is -0.792. The number of carbonyl (C=O) groups is 3. The summed E-state index contributed by atoms with van der Waals surface area (Å²) in [5, 5.41) is 0. The zero-order valence-electron chi connectivity index (χ0n) is 14.2. The van der Waals surface area contributed by atoms with Crippen molar-refractivity contribution >= 4 is 17.8 Å². The number of likely N-dealkylation sites (tertiary alicyclic amines) is 1. The second-order valence-electron chi connectivity index (χ2n) is 6.02. The first-order valence-corrected chi connectivity index (χ1v) is 8.33. The third-order valence-corrected chi connectivity index (χ3v) is 4.08. The summed E-state index contributed by atoms with van der Waals surface area (Å²) in [6, 6.07) is 17.5. The molecule has 0 radical (unpaired) electrons. The number of benzene rings is 2. The summed E-state index contributed by atoms with van der Waals surface area (Å²) >= 11 is 0. The largest absolute Gasteiger partial charge is 0.459 e. The SMILES string of the molecule is O=C1C[C@H](C(=O)OCc2ccccc2)N(C(=O)OCc2ccccc2)C1. The molecule has 0 aromatic heterocycles. The molecule has 2 aromatic rings. The zero-order chi connectivity index (χ0) is 18.4. The van der Waals surface area contributed by atoms with Crippen molar-refractivity contribution in [3.63, 3.8) is 0 Å². The maximum Gasteiger partial charge on any atom is 0.411 e. The average Bonchev–Trinajstić information content (AvgIpc) is 3.08. The highest BCUT2D eigenvalue weighted by atomic mass is 16.6. The van der Waals surface area contributed by atoms with Crippen molar-refractivity contribution in [3.8, 4) is 0 Å². The van der Waals surface area contributed by atoms with Gasteiger partial charge in [-0.1, -0.05) is 60.7 Å². The summed E-state index contributed by atoms with van der Waals surface area (Å²) in [4.78, 5) is 37.5. The van der Waals surface area contributed by atoms with Gasteiger partial charge >= 0.3 is 12.1 Å². The monoisotopic (exact) mass is 353 g/mol. The number of ketones is 1. The number of ether oxygens (including phenoxy) is 2. The number of hydrogen-bond donors (Lipinski definition) is 0. The standard InChI is InChI=1S/C20H19NO5/c22-17-11-18(19(23)25-13-15-7-3-1-4-8-15)21(12-17)20(24)26-14-16-9-5-2-6-10-16/h1-10,18H,11-14H2/t18-/m1/s1. The van der Waals surface area contributed by atoms with Gasteiger partial charge in [-0.3, -0.25) is 9.69 Å². The molecule has 1 amide bonds. The van der Waals surface area contributed by atoms with Gasteiger partial charge < -0.3 is 9.47 Å². The predicted molar refractivity (Wildman–Crippen MR) is 93.0 cm³/mol. The first-order valence-electron chi connectivity index (χ1n) is 8.33. The summed E-state index contributed by atoms with van der Waals surface area (Å²) in [6.45, 7) is 0.0339. The molecule has 1 saturated heterocycles. The number of rotatable bonds is 5. The van der Waals surface area contributed by atoms with Gasteiger partial charge in [0.15, 0.2) is 5.78 Å². The second-order valence-corrected chi connectivity index (χ2v) is 6.02. The minimum absolute atomic E-state index is 0.0476. The molecule has 6 nitrogen and oxygen atoms in total. The number of Topliss-reactive ketones (excluding diaryl/α,β-unsaturated/α-hetero) is 1. The fourth-order valence-electron chi connectivity index (χ4n) is 2.72. The van der Waals surface area contributed by atoms with Crippen LogP contribution in [-0.2, 0) is 32.3 Å². The number of hydrogen-bond acceptors (Lipinski definition) is 5. The van der Waals surface area contributed by atoms with E-state index in [1.807, 2.05) is 60.7 Å². The molecule has 0 bridgehead atoms. The van der Waals surface area contributed by atoms with Crippen molar-refractivity contribution in [2.75, 3.05) is 6.54 Å². The zero-order valence-corrected chi connectivity index (χ0v) is 14.2. The molecule has 26 heavy (non-hydrogen) atoms. The Morgan fingerprint density at radius 2 is 1.42 bits per heavy atom. The van der Waals surface area contributed by atoms with Crippen LogP contribution >= 0.6 is 0 Å². The molecule has 0 unspecified atom stereocenters. The Morgan fingerprint density at radius 1 is 0.885 bits per heavy atom. The van der Waals surface area contributed by atoms with Gasteiger partial charge in [-0.15, -0.1) is 0 Å². The molecule has 1 aliphatic heterocycles. The highest BCUT2D eigenvalue weighted by molar-refractivity contribution is 5.95. The topological polar surface area (TPSA) is 72.9 Å². The Balaban J connectivity index is 1.57. The molecule has 134 valence electrons. The van der Waals surface area contributed by atoms with Gasteiger partial charge in [-0.25, -0.2) is 9.59 Å². The fraction of sp³-hybridized carbons (Fsp3) is 0.250. The van der Waals surface area contributed by atoms with Crippen LogP contribution in [0.2, 0.25) is 0 Å². The number of esters is 1. The van der Waals surface area contributed by atoms with Crippen LogP contribution in [0.4, 0.5) is 4.79 Å². The lowest BCUT2D eigenvalue weighted by molar-refractivity contribution is -0.150. The van der Waals surface area contributed by atoms with E-state index >= 15 is 0 Å². The van der Waals surface area contributed by atoms with Gasteiger partial charge in [0.05, 0.1) is 6.54 Å².